The van der Waals surface area contributed by atoms with Gasteiger partial charge in [-0.2, -0.15) is 0 Å². The predicted octanol–water partition coefficient (Wildman–Crippen LogP) is -0.524. The maximum absolute atomic E-state index is 5.07. The van der Waals surface area contributed by atoms with Crippen LogP contribution in [0.4, 0.5) is 0 Å². The van der Waals surface area contributed by atoms with Gasteiger partial charge in [-0.1, -0.05) is 0 Å². The lowest BCUT2D eigenvalue weighted by molar-refractivity contribution is -0.505. The van der Waals surface area contributed by atoms with Crippen LogP contribution in [0, 0.1) is 0 Å². The number of methoxy groups -OCH3 is 1. The summed E-state index contributed by atoms with van der Waals surface area (Å²) in [5.74, 6) is 0. The third-order valence-corrected chi connectivity index (χ3v) is 1.04. The van der Waals surface area contributed by atoms with E-state index in [9.17, 15) is 0 Å². The first-order valence-electron chi connectivity index (χ1n) is 4.00. The molecule has 0 saturated heterocycles. The summed E-state index contributed by atoms with van der Waals surface area (Å²) in [5, 5.41) is 3.14. The van der Waals surface area contributed by atoms with Crippen molar-refractivity contribution < 1.29 is 9.73 Å². The predicted molar refractivity (Wildman–Crippen MR) is 46.4 cm³/mol. The first kappa shape index (κ1) is 10.3. The molecule has 0 aliphatic carbocycles. The molecular weight excluding hydrogens is 140 g/mol. The van der Waals surface area contributed by atoms with Crippen molar-refractivity contribution >= 4 is 6.02 Å². The molecule has 0 saturated carbocycles. The molecule has 0 aromatic carbocycles. The van der Waals surface area contributed by atoms with Crippen molar-refractivity contribution in [3.63, 3.8) is 0 Å². The zero-order valence-corrected chi connectivity index (χ0v) is 8.06. The standard InChI is InChI=1S/C8H18N2O/c1-6(2)9-8(11-5)10-7(3)4/h6-7H,1-5H3,(H,9,10)/p+1. The maximum Gasteiger partial charge on any atom is 0.441 e. The van der Waals surface area contributed by atoms with Crippen LogP contribution in [-0.4, -0.2) is 25.2 Å². The Morgan fingerprint density at radius 3 is 2.09 bits per heavy atom. The SMILES string of the molecule is COC(NC(C)C)=[NH+]C(C)C. The van der Waals surface area contributed by atoms with E-state index in [1.165, 1.54) is 0 Å². The second-order valence-corrected chi connectivity index (χ2v) is 3.13. The summed E-state index contributed by atoms with van der Waals surface area (Å²) in [6.45, 7) is 8.28. The molecule has 0 radical (unpaired) electrons. The largest absolute Gasteiger partial charge is 0.441 e. The smallest absolute Gasteiger partial charge is 0.435 e. The minimum atomic E-state index is 0.399. The summed E-state index contributed by atoms with van der Waals surface area (Å²) >= 11 is 0. The fourth-order valence-corrected chi connectivity index (χ4v) is 0.684. The Labute approximate surface area is 68.9 Å². The summed E-state index contributed by atoms with van der Waals surface area (Å²) < 4.78 is 5.07. The molecule has 0 aliphatic heterocycles. The molecule has 0 atom stereocenters. The molecule has 0 rings (SSSR count). The Bertz CT molecular complexity index is 130. The van der Waals surface area contributed by atoms with E-state index in [4.69, 9.17) is 4.74 Å². The summed E-state index contributed by atoms with van der Waals surface area (Å²) in [6.07, 6.45) is 0. The van der Waals surface area contributed by atoms with Gasteiger partial charge in [-0.3, -0.25) is 0 Å². The van der Waals surface area contributed by atoms with E-state index in [1.807, 2.05) is 0 Å². The summed E-state index contributed by atoms with van der Waals surface area (Å²) in [4.78, 5) is 3.14. The van der Waals surface area contributed by atoms with Crippen LogP contribution in [0.2, 0.25) is 0 Å². The molecule has 0 spiro atoms. The lowest BCUT2D eigenvalue weighted by Gasteiger charge is -2.04. The topological polar surface area (TPSA) is 35.2 Å². The van der Waals surface area contributed by atoms with Crippen molar-refractivity contribution in [2.45, 2.75) is 39.8 Å². The van der Waals surface area contributed by atoms with Gasteiger partial charge in [0.25, 0.3) is 0 Å². The number of hydrogen-bond acceptors (Lipinski definition) is 1. The van der Waals surface area contributed by atoms with Crippen molar-refractivity contribution in [1.29, 1.82) is 0 Å². The monoisotopic (exact) mass is 159 g/mol. The number of nitrogens with one attached hydrogen (secondary N) is 2. The highest BCUT2D eigenvalue weighted by molar-refractivity contribution is 5.67. The van der Waals surface area contributed by atoms with Crippen LogP contribution in [0.25, 0.3) is 0 Å². The molecule has 0 fully saturated rings. The Morgan fingerprint density at radius 2 is 1.82 bits per heavy atom. The first-order chi connectivity index (χ1) is 5.06. The molecule has 0 aromatic heterocycles. The lowest BCUT2D eigenvalue weighted by atomic mass is 10.4. The number of ether oxygens (including phenoxy) is 1. The molecule has 0 aliphatic rings. The Hall–Kier alpha value is -0.730. The molecule has 66 valence electrons. The average Bonchev–Trinajstić information content (AvgIpc) is 1.84. The summed E-state index contributed by atoms with van der Waals surface area (Å²) in [7, 11) is 1.65. The zero-order chi connectivity index (χ0) is 8.85. The number of rotatable bonds is 2. The van der Waals surface area contributed by atoms with E-state index in [0.717, 1.165) is 6.02 Å². The molecule has 0 amide bonds. The molecule has 0 bridgehead atoms. The highest BCUT2D eigenvalue weighted by Crippen LogP contribution is 1.74. The molecule has 0 aromatic rings. The summed E-state index contributed by atoms with van der Waals surface area (Å²) in [6, 6.07) is 1.54. The van der Waals surface area contributed by atoms with E-state index in [0.29, 0.717) is 12.1 Å². The quantitative estimate of drug-likeness (QED) is 0.420. The van der Waals surface area contributed by atoms with Gasteiger partial charge in [0.15, 0.2) is 0 Å². The third kappa shape index (κ3) is 5.70. The van der Waals surface area contributed by atoms with Crippen molar-refractivity contribution in [2.24, 2.45) is 0 Å². The normalized spacial score (nSPS) is 12.5. The van der Waals surface area contributed by atoms with Gasteiger partial charge in [-0.25, -0.2) is 10.3 Å². The maximum atomic E-state index is 5.07. The second kappa shape index (κ2) is 4.99. The van der Waals surface area contributed by atoms with E-state index in [-0.39, 0.29) is 0 Å². The highest BCUT2D eigenvalue weighted by Gasteiger charge is 2.07. The van der Waals surface area contributed by atoms with Gasteiger partial charge < -0.3 is 4.74 Å². The van der Waals surface area contributed by atoms with E-state index >= 15 is 0 Å². The Balaban J connectivity index is 3.94. The first-order valence-corrected chi connectivity index (χ1v) is 4.00. The molecule has 11 heavy (non-hydrogen) atoms. The Kier molecular flexibility index (Phi) is 4.66. The molecule has 0 unspecified atom stereocenters. The van der Waals surface area contributed by atoms with Gasteiger partial charge in [0.2, 0.25) is 0 Å². The third-order valence-electron chi connectivity index (χ3n) is 1.04. The van der Waals surface area contributed by atoms with E-state index < -0.39 is 0 Å². The van der Waals surface area contributed by atoms with Crippen LogP contribution in [-0.2, 0) is 4.74 Å². The fourth-order valence-electron chi connectivity index (χ4n) is 0.684. The molecular formula is C8H19N2O+. The summed E-state index contributed by atoms with van der Waals surface area (Å²) in [5.41, 5.74) is 0. The molecule has 3 nitrogen and oxygen atoms in total. The minimum Gasteiger partial charge on any atom is -0.435 e. The van der Waals surface area contributed by atoms with Crippen molar-refractivity contribution in [2.75, 3.05) is 7.11 Å². The lowest BCUT2D eigenvalue weighted by Crippen LogP contribution is -2.81. The second-order valence-electron chi connectivity index (χ2n) is 3.13. The minimum absolute atomic E-state index is 0.399. The average molecular weight is 159 g/mol. The fraction of sp³-hybridized carbons (Fsp3) is 0.875. The van der Waals surface area contributed by atoms with Gasteiger partial charge in [0.05, 0.1) is 19.2 Å². The van der Waals surface area contributed by atoms with E-state index in [2.05, 4.69) is 38.0 Å². The van der Waals surface area contributed by atoms with Crippen LogP contribution in [0.1, 0.15) is 27.7 Å². The van der Waals surface area contributed by atoms with E-state index in [1.54, 1.807) is 7.11 Å². The van der Waals surface area contributed by atoms with Crippen LogP contribution < -0.4 is 10.3 Å². The van der Waals surface area contributed by atoms with Crippen molar-refractivity contribution in [3.8, 4) is 0 Å². The number of hydrogen-bond donors (Lipinski definition) is 2. The Morgan fingerprint density at radius 1 is 1.27 bits per heavy atom. The van der Waals surface area contributed by atoms with Crippen molar-refractivity contribution in [1.82, 2.24) is 5.32 Å². The molecule has 2 N–H and O–H groups in total. The van der Waals surface area contributed by atoms with Gasteiger partial charge in [0, 0.05) is 0 Å². The molecule has 0 heterocycles. The van der Waals surface area contributed by atoms with Crippen molar-refractivity contribution in [3.05, 3.63) is 0 Å². The zero-order valence-electron chi connectivity index (χ0n) is 8.06. The van der Waals surface area contributed by atoms with Gasteiger partial charge >= 0.3 is 6.02 Å². The number of amidine groups is 1. The molecule has 3 heteroatoms. The van der Waals surface area contributed by atoms with Crippen LogP contribution in [0.5, 0.6) is 0 Å². The van der Waals surface area contributed by atoms with Crippen LogP contribution in [0.3, 0.4) is 0 Å². The van der Waals surface area contributed by atoms with Gasteiger partial charge in [-0.15, -0.1) is 0 Å². The van der Waals surface area contributed by atoms with Crippen LogP contribution in [0.15, 0.2) is 0 Å². The van der Waals surface area contributed by atoms with Gasteiger partial charge in [0.1, 0.15) is 0 Å². The van der Waals surface area contributed by atoms with Crippen LogP contribution >= 0.6 is 0 Å². The highest BCUT2D eigenvalue weighted by atomic mass is 16.5. The van der Waals surface area contributed by atoms with Gasteiger partial charge in [-0.05, 0) is 27.7 Å².